The lowest BCUT2D eigenvalue weighted by atomic mass is 10.1. The summed E-state index contributed by atoms with van der Waals surface area (Å²) in [4.78, 5) is 0.855. The number of fused-ring (bicyclic) bond motifs is 2. The van der Waals surface area contributed by atoms with E-state index in [-0.39, 0.29) is 11.5 Å². The second-order valence-corrected chi connectivity index (χ2v) is 6.55. The molecule has 3 unspecified atom stereocenters. The number of benzene rings is 2. The molecule has 0 bridgehead atoms. The highest BCUT2D eigenvalue weighted by molar-refractivity contribution is 7.85. The van der Waals surface area contributed by atoms with Crippen molar-refractivity contribution in [3.8, 4) is 0 Å². The Morgan fingerprint density at radius 2 is 2.00 bits per heavy atom. The van der Waals surface area contributed by atoms with E-state index in [1.54, 1.807) is 0 Å². The molecule has 0 amide bonds. The summed E-state index contributed by atoms with van der Waals surface area (Å²) in [5, 5.41) is 2.28. The van der Waals surface area contributed by atoms with E-state index in [0.717, 1.165) is 22.5 Å². The second-order valence-electron chi connectivity index (χ2n) is 5.05. The fraction of sp³-hybridized carbons (Fsp3) is 0.250. The molecule has 4 rings (SSSR count). The summed E-state index contributed by atoms with van der Waals surface area (Å²) in [7, 11) is -1.16. The van der Waals surface area contributed by atoms with Gasteiger partial charge in [-0.25, -0.2) is 0 Å². The molecule has 1 fully saturated rings. The average Bonchev–Trinajstić information content (AvgIpc) is 3.29. The van der Waals surface area contributed by atoms with Crippen molar-refractivity contribution in [2.24, 2.45) is 0 Å². The van der Waals surface area contributed by atoms with Gasteiger partial charge in [0.25, 0.3) is 0 Å². The van der Waals surface area contributed by atoms with Crippen LogP contribution in [-0.4, -0.2) is 29.0 Å². The van der Waals surface area contributed by atoms with Gasteiger partial charge >= 0.3 is 0 Å². The molecule has 2 aromatic carbocycles. The first-order valence-electron chi connectivity index (χ1n) is 6.66. The smallest absolute Gasteiger partial charge is 0.155 e. The summed E-state index contributed by atoms with van der Waals surface area (Å²) in [6.07, 6.45) is 4.08. The Kier molecular flexibility index (Phi) is 2.95. The van der Waals surface area contributed by atoms with Gasteiger partial charge in [-0.15, -0.1) is 0 Å². The van der Waals surface area contributed by atoms with Gasteiger partial charge in [-0.3, -0.25) is 4.21 Å². The maximum absolute atomic E-state index is 12.6. The molecule has 3 atom stereocenters. The zero-order valence-electron chi connectivity index (χ0n) is 10.8. The first-order valence-corrected chi connectivity index (χ1v) is 7.87. The van der Waals surface area contributed by atoms with Gasteiger partial charge in [0.05, 0.1) is 24.0 Å². The Morgan fingerprint density at radius 3 is 2.75 bits per heavy atom. The first-order chi connectivity index (χ1) is 9.81. The van der Waals surface area contributed by atoms with E-state index in [9.17, 15) is 4.21 Å². The lowest BCUT2D eigenvalue weighted by Gasteiger charge is -2.19. The van der Waals surface area contributed by atoms with E-state index in [4.69, 9.17) is 9.47 Å². The molecule has 0 aromatic heterocycles. The van der Waals surface area contributed by atoms with E-state index in [0.29, 0.717) is 6.61 Å². The Bertz CT molecular complexity index is 719. The van der Waals surface area contributed by atoms with E-state index >= 15 is 0 Å². The predicted molar refractivity (Wildman–Crippen MR) is 78.9 cm³/mol. The monoisotopic (exact) mass is 286 g/mol. The fourth-order valence-electron chi connectivity index (χ4n) is 2.40. The van der Waals surface area contributed by atoms with Crippen molar-refractivity contribution < 1.29 is 13.7 Å². The van der Waals surface area contributed by atoms with Crippen LogP contribution in [0.2, 0.25) is 0 Å². The highest BCUT2D eigenvalue weighted by Crippen LogP contribution is 2.30. The minimum absolute atomic E-state index is 0.193. The van der Waals surface area contributed by atoms with Crippen LogP contribution in [0.25, 0.3) is 16.8 Å². The number of ether oxygens (including phenoxy) is 2. The van der Waals surface area contributed by atoms with Crippen molar-refractivity contribution in [1.82, 2.24) is 0 Å². The molecule has 2 aromatic rings. The standard InChI is InChI=1S/C16H14O3S/c17-20-15-8-12-4-2-1-3-11(12)7-13(15)5-6-16(20)19-10-14-9-18-14/h1-8,14,16H,9-10H2. The summed E-state index contributed by atoms with van der Waals surface area (Å²) in [6, 6.07) is 12.2. The van der Waals surface area contributed by atoms with Gasteiger partial charge in [-0.2, -0.15) is 0 Å². The summed E-state index contributed by atoms with van der Waals surface area (Å²) in [5.74, 6) is 0. The lowest BCUT2D eigenvalue weighted by molar-refractivity contribution is 0.118. The van der Waals surface area contributed by atoms with Gasteiger partial charge in [0, 0.05) is 4.90 Å². The first kappa shape index (κ1) is 12.3. The number of hydrogen-bond donors (Lipinski definition) is 0. The van der Waals surface area contributed by atoms with Gasteiger partial charge in [0.1, 0.15) is 6.10 Å². The molecule has 2 aliphatic rings. The minimum Gasteiger partial charge on any atom is -0.371 e. The van der Waals surface area contributed by atoms with E-state index in [2.05, 4.69) is 12.1 Å². The Hall–Kier alpha value is -1.49. The normalized spacial score (nSPS) is 27.5. The van der Waals surface area contributed by atoms with Crippen LogP contribution >= 0.6 is 0 Å². The average molecular weight is 286 g/mol. The molecule has 20 heavy (non-hydrogen) atoms. The van der Waals surface area contributed by atoms with Crippen molar-refractivity contribution in [2.75, 3.05) is 13.2 Å². The van der Waals surface area contributed by atoms with Crippen LogP contribution in [0, 0.1) is 0 Å². The highest BCUT2D eigenvalue weighted by Gasteiger charge is 2.28. The van der Waals surface area contributed by atoms with Gasteiger partial charge in [0.2, 0.25) is 0 Å². The maximum Gasteiger partial charge on any atom is 0.155 e. The molecule has 0 aliphatic carbocycles. The highest BCUT2D eigenvalue weighted by atomic mass is 32.2. The van der Waals surface area contributed by atoms with Crippen molar-refractivity contribution in [2.45, 2.75) is 16.4 Å². The van der Waals surface area contributed by atoms with Crippen LogP contribution in [-0.2, 0) is 20.3 Å². The number of hydrogen-bond acceptors (Lipinski definition) is 3. The van der Waals surface area contributed by atoms with Gasteiger partial charge < -0.3 is 9.47 Å². The number of epoxide rings is 1. The number of rotatable bonds is 3. The van der Waals surface area contributed by atoms with Crippen molar-refractivity contribution in [3.05, 3.63) is 48.0 Å². The molecular formula is C16H14O3S. The van der Waals surface area contributed by atoms with Crippen molar-refractivity contribution in [1.29, 1.82) is 0 Å². The van der Waals surface area contributed by atoms with Crippen LogP contribution in [0.15, 0.2) is 47.4 Å². The maximum atomic E-state index is 12.6. The van der Waals surface area contributed by atoms with Crippen LogP contribution in [0.1, 0.15) is 5.56 Å². The minimum atomic E-state index is -1.16. The largest absolute Gasteiger partial charge is 0.371 e. The summed E-state index contributed by atoms with van der Waals surface area (Å²) in [6.45, 7) is 1.27. The molecule has 1 saturated heterocycles. The molecule has 2 heterocycles. The molecule has 0 radical (unpaired) electrons. The Morgan fingerprint density at radius 1 is 1.25 bits per heavy atom. The zero-order valence-corrected chi connectivity index (χ0v) is 11.6. The molecule has 2 aliphatic heterocycles. The third-order valence-corrected chi connectivity index (χ3v) is 5.09. The molecule has 0 spiro atoms. The Balaban J connectivity index is 1.68. The molecule has 0 N–H and O–H groups in total. The van der Waals surface area contributed by atoms with Gasteiger partial charge in [-0.05, 0) is 34.5 Å². The molecule has 0 saturated carbocycles. The predicted octanol–water partition coefficient (Wildman–Crippen LogP) is 2.72. The molecule has 3 nitrogen and oxygen atoms in total. The van der Waals surface area contributed by atoms with Gasteiger partial charge in [-0.1, -0.05) is 30.3 Å². The third-order valence-electron chi connectivity index (χ3n) is 3.59. The van der Waals surface area contributed by atoms with Crippen LogP contribution in [0.3, 0.4) is 0 Å². The van der Waals surface area contributed by atoms with E-state index in [1.807, 2.05) is 36.4 Å². The summed E-state index contributed by atoms with van der Waals surface area (Å²) < 4.78 is 23.4. The molecule has 4 heteroatoms. The van der Waals surface area contributed by atoms with E-state index < -0.39 is 10.8 Å². The van der Waals surface area contributed by atoms with Crippen molar-refractivity contribution in [3.63, 3.8) is 0 Å². The molecular weight excluding hydrogens is 272 g/mol. The van der Waals surface area contributed by atoms with Gasteiger partial charge in [0.15, 0.2) is 5.44 Å². The fourth-order valence-corrected chi connectivity index (χ4v) is 3.68. The third kappa shape index (κ3) is 2.20. The summed E-state index contributed by atoms with van der Waals surface area (Å²) in [5.41, 5.74) is 0.650. The Labute approximate surface area is 119 Å². The quantitative estimate of drug-likeness (QED) is 0.814. The second kappa shape index (κ2) is 4.81. The summed E-state index contributed by atoms with van der Waals surface area (Å²) >= 11 is 0. The topological polar surface area (TPSA) is 38.8 Å². The van der Waals surface area contributed by atoms with Crippen LogP contribution in [0.4, 0.5) is 0 Å². The zero-order chi connectivity index (χ0) is 13.5. The SMILES string of the molecule is O=S1c2cc3ccccc3cc2C=CC1OCC1CO1. The lowest BCUT2D eigenvalue weighted by Crippen LogP contribution is -2.22. The van der Waals surface area contributed by atoms with Crippen molar-refractivity contribution >= 4 is 27.6 Å². The van der Waals surface area contributed by atoms with Crippen LogP contribution < -0.4 is 0 Å². The molecule has 102 valence electrons. The van der Waals surface area contributed by atoms with Crippen LogP contribution in [0.5, 0.6) is 0 Å². The van der Waals surface area contributed by atoms with E-state index in [1.165, 1.54) is 5.39 Å².